The molecular weight excluding hydrogens is 726 g/mol. The minimum absolute atomic E-state index is 0.0565. The molecule has 52 heavy (non-hydrogen) atoms. The summed E-state index contributed by atoms with van der Waals surface area (Å²) in [6.07, 6.45) is -5.76. The number of alkyl halides is 3. The fraction of sp³-hybridized carbons (Fsp3) is 0.622. The summed E-state index contributed by atoms with van der Waals surface area (Å²) in [7, 11) is -3.63. The zero-order valence-corrected chi connectivity index (χ0v) is 31.3. The number of fused-ring (bicyclic) bond motifs is 2. The van der Waals surface area contributed by atoms with Gasteiger partial charge >= 0.3 is 12.3 Å². The summed E-state index contributed by atoms with van der Waals surface area (Å²) < 4.78 is 94.6. The molecule has 0 aromatic heterocycles. The first-order valence-corrected chi connectivity index (χ1v) is 19.8. The number of sulfonamides is 1. The van der Waals surface area contributed by atoms with E-state index >= 15 is 4.39 Å². The summed E-state index contributed by atoms with van der Waals surface area (Å²) in [5.41, 5.74) is 7.21. The Morgan fingerprint density at radius 3 is 2.46 bits per heavy atom. The van der Waals surface area contributed by atoms with Crippen molar-refractivity contribution in [1.82, 2.24) is 9.21 Å². The fourth-order valence-corrected chi connectivity index (χ4v) is 9.79. The van der Waals surface area contributed by atoms with Gasteiger partial charge in [-0.15, -0.1) is 0 Å². The van der Waals surface area contributed by atoms with Crippen molar-refractivity contribution in [2.45, 2.75) is 114 Å². The van der Waals surface area contributed by atoms with Crippen molar-refractivity contribution in [3.63, 3.8) is 0 Å². The molecule has 0 radical (unpaired) electrons. The van der Waals surface area contributed by atoms with Gasteiger partial charge < -0.3 is 20.1 Å². The number of halogens is 5. The van der Waals surface area contributed by atoms with Gasteiger partial charge in [0.05, 0.1) is 24.3 Å². The van der Waals surface area contributed by atoms with Crippen LogP contribution >= 0.6 is 11.6 Å². The van der Waals surface area contributed by atoms with Crippen molar-refractivity contribution in [1.29, 1.82) is 0 Å². The maximum Gasteiger partial charge on any atom is 0.410 e. The van der Waals surface area contributed by atoms with Crippen LogP contribution in [0.2, 0.25) is 5.02 Å². The Labute approximate surface area is 308 Å². The Bertz CT molecular complexity index is 1690. The van der Waals surface area contributed by atoms with Crippen LogP contribution in [-0.2, 0) is 37.1 Å². The average Bonchev–Trinajstić information content (AvgIpc) is 3.16. The molecular formula is C37H48ClF4N3O6S. The Kier molecular flexibility index (Phi) is 12.7. The van der Waals surface area contributed by atoms with Crippen molar-refractivity contribution in [2.75, 3.05) is 25.4 Å². The van der Waals surface area contributed by atoms with E-state index in [1.54, 1.807) is 56.0 Å². The predicted octanol–water partition coefficient (Wildman–Crippen LogP) is 6.80. The molecule has 0 spiro atoms. The highest BCUT2D eigenvalue weighted by Crippen LogP contribution is 2.40. The zero-order valence-electron chi connectivity index (χ0n) is 29.7. The second-order valence-electron chi connectivity index (χ2n) is 15.2. The molecule has 3 fully saturated rings. The van der Waals surface area contributed by atoms with E-state index in [4.69, 9.17) is 26.8 Å². The molecule has 5 rings (SSSR count). The molecule has 2 N–H and O–H groups in total. The number of nitrogens with two attached hydrogens (primary N) is 1. The smallest absolute Gasteiger partial charge is 0.410 e. The maximum absolute atomic E-state index is 15.6. The molecule has 0 aliphatic carbocycles. The van der Waals surface area contributed by atoms with Gasteiger partial charge in [0.15, 0.2) is 5.78 Å². The van der Waals surface area contributed by atoms with Gasteiger partial charge in [0.2, 0.25) is 10.0 Å². The molecule has 1 unspecified atom stereocenters. The number of carbonyl (C=O) groups is 2. The summed E-state index contributed by atoms with van der Waals surface area (Å²) in [6, 6.07) is 8.97. The lowest BCUT2D eigenvalue weighted by Crippen LogP contribution is -2.60. The van der Waals surface area contributed by atoms with Crippen LogP contribution in [0.5, 0.6) is 0 Å². The molecule has 1 amide bonds. The van der Waals surface area contributed by atoms with Gasteiger partial charge in [-0.2, -0.15) is 17.5 Å². The van der Waals surface area contributed by atoms with Crippen LogP contribution < -0.4 is 5.73 Å². The number of ether oxygens (including phenoxy) is 2. The number of hydrogen-bond donors (Lipinski definition) is 1. The fourth-order valence-electron chi connectivity index (χ4n) is 7.87. The number of Topliss-reactive ketones (excluding diaryl/α,β-unsaturated/α-hetero) is 1. The lowest BCUT2D eigenvalue weighted by atomic mass is 9.73. The predicted molar refractivity (Wildman–Crippen MR) is 189 cm³/mol. The lowest BCUT2D eigenvalue weighted by Gasteiger charge is -2.44. The summed E-state index contributed by atoms with van der Waals surface area (Å²) in [4.78, 5) is 28.8. The number of piperazine rings is 1. The van der Waals surface area contributed by atoms with Crippen molar-refractivity contribution >= 4 is 33.5 Å². The van der Waals surface area contributed by atoms with Crippen molar-refractivity contribution in [2.24, 2.45) is 11.7 Å². The number of rotatable bonds is 10. The second-order valence-corrected chi connectivity index (χ2v) is 17.7. The van der Waals surface area contributed by atoms with Crippen molar-refractivity contribution in [3.8, 4) is 0 Å². The van der Waals surface area contributed by atoms with Gasteiger partial charge in [0.25, 0.3) is 0 Å². The van der Waals surface area contributed by atoms with E-state index in [1.165, 1.54) is 16.4 Å². The monoisotopic (exact) mass is 773 g/mol. The minimum Gasteiger partial charge on any atom is -0.444 e. The number of amides is 1. The lowest BCUT2D eigenvalue weighted by molar-refractivity contribution is -0.169. The van der Waals surface area contributed by atoms with Gasteiger partial charge in [-0.3, -0.25) is 4.79 Å². The second kappa shape index (κ2) is 16.3. The number of benzene rings is 2. The van der Waals surface area contributed by atoms with E-state index in [0.29, 0.717) is 35.4 Å². The maximum atomic E-state index is 15.6. The van der Waals surface area contributed by atoms with Gasteiger partial charge in [-0.25, -0.2) is 17.6 Å². The molecule has 3 aliphatic heterocycles. The average molecular weight is 774 g/mol. The van der Waals surface area contributed by atoms with Crippen molar-refractivity contribution in [3.05, 3.63) is 70.0 Å². The highest BCUT2D eigenvalue weighted by atomic mass is 35.5. The van der Waals surface area contributed by atoms with E-state index < -0.39 is 75.9 Å². The Morgan fingerprint density at radius 1 is 1.08 bits per heavy atom. The van der Waals surface area contributed by atoms with Crippen LogP contribution in [-0.4, -0.2) is 91.0 Å². The van der Waals surface area contributed by atoms with E-state index in [-0.39, 0.29) is 62.7 Å². The van der Waals surface area contributed by atoms with Crippen LogP contribution in [0.25, 0.3) is 0 Å². The van der Waals surface area contributed by atoms with E-state index in [1.807, 2.05) is 0 Å². The topological polar surface area (TPSA) is 119 Å². The third kappa shape index (κ3) is 10.2. The van der Waals surface area contributed by atoms with Gasteiger partial charge in [-0.1, -0.05) is 35.9 Å². The van der Waals surface area contributed by atoms with Crippen LogP contribution in [0, 0.1) is 11.7 Å². The summed E-state index contributed by atoms with van der Waals surface area (Å²) in [5, 5.41) is 0.449. The Morgan fingerprint density at radius 2 is 1.79 bits per heavy atom. The largest absolute Gasteiger partial charge is 0.444 e. The standard InChI is InChI=1S/C37H48ClF4N3O6S/c1-36(2,3)51-35(47)44-21-28(45-22-27(44)7-5-17-52(45,48)49)13-14-30-24(6-4-8-31(30)39)19-32(46)34(43)33(23-9-11-26(38)12-10-23)25-15-16-50-29(18-25)20-37(40,41)42/h4,6,8-12,25,27-29,33-34H,5,7,13-22,43H2,1-3H3/t25-,27+,28-,29+,33-,34+/m0/s1. The van der Waals surface area contributed by atoms with Gasteiger partial charge in [0.1, 0.15) is 11.4 Å². The molecule has 0 saturated carbocycles. The molecule has 15 heteroatoms. The number of ketones is 1. The van der Waals surface area contributed by atoms with E-state index in [2.05, 4.69) is 0 Å². The molecule has 2 aromatic carbocycles. The van der Waals surface area contributed by atoms with Crippen LogP contribution in [0.3, 0.4) is 0 Å². The third-order valence-corrected chi connectivity index (χ3v) is 12.5. The molecule has 9 nitrogen and oxygen atoms in total. The van der Waals surface area contributed by atoms with Crippen LogP contribution in [0.15, 0.2) is 42.5 Å². The quantitative estimate of drug-likeness (QED) is 0.264. The molecule has 3 heterocycles. The van der Waals surface area contributed by atoms with Crippen molar-refractivity contribution < 1.29 is 45.0 Å². The first-order valence-electron chi connectivity index (χ1n) is 17.8. The molecule has 2 aromatic rings. The first-order chi connectivity index (χ1) is 24.3. The molecule has 3 saturated heterocycles. The summed E-state index contributed by atoms with van der Waals surface area (Å²) >= 11 is 6.13. The van der Waals surface area contributed by atoms with Crippen LogP contribution in [0.1, 0.15) is 81.9 Å². The molecule has 2 bridgehead atoms. The molecule has 288 valence electrons. The number of nitrogens with zero attached hydrogens (tertiary/aromatic N) is 2. The number of carbonyl (C=O) groups excluding carboxylic acids is 2. The van der Waals surface area contributed by atoms with E-state index in [0.717, 1.165) is 0 Å². The zero-order chi connectivity index (χ0) is 38.0. The Balaban J connectivity index is 1.36. The summed E-state index contributed by atoms with van der Waals surface area (Å²) in [5.74, 6) is -2.09. The summed E-state index contributed by atoms with van der Waals surface area (Å²) in [6.45, 7) is 5.56. The number of hydrogen-bond acceptors (Lipinski definition) is 7. The SMILES string of the molecule is CC(C)(C)OC(=O)N1C[C@H](CCc2c(F)cccc2CC(=O)[C@@H](N)[C@@H](c2ccc(Cl)cc2)[C@H]2CCO[C@@H](CC(F)(F)F)C2)N2C[C@H]1CCCS2(=O)=O. The Hall–Kier alpha value is -2.78. The van der Waals surface area contributed by atoms with Gasteiger partial charge in [0, 0.05) is 49.1 Å². The minimum atomic E-state index is -4.42. The van der Waals surface area contributed by atoms with Crippen LogP contribution in [0.4, 0.5) is 22.4 Å². The third-order valence-electron chi connectivity index (χ3n) is 10.3. The first kappa shape index (κ1) is 40.4. The van der Waals surface area contributed by atoms with Gasteiger partial charge in [-0.05, 0) is 100 Å². The molecule has 3 aliphatic rings. The molecule has 7 atom stereocenters. The highest BCUT2D eigenvalue weighted by molar-refractivity contribution is 7.89. The highest BCUT2D eigenvalue weighted by Gasteiger charge is 2.45. The normalized spacial score (nSPS) is 26.2. The van der Waals surface area contributed by atoms with E-state index in [9.17, 15) is 31.2 Å².